The molecule has 2 heterocycles. The van der Waals surface area contributed by atoms with Gasteiger partial charge >= 0.3 is 11.4 Å². The number of fused-ring (bicyclic) bond motifs is 2. The molecule has 0 spiro atoms. The summed E-state index contributed by atoms with van der Waals surface area (Å²) in [4.78, 5) is 62.3. The van der Waals surface area contributed by atoms with Gasteiger partial charge in [-0.2, -0.15) is 9.97 Å². The summed E-state index contributed by atoms with van der Waals surface area (Å²) >= 11 is 0. The number of anilines is 2. The summed E-state index contributed by atoms with van der Waals surface area (Å²) in [6, 6.07) is 6.99. The first-order valence-corrected chi connectivity index (χ1v) is 16.2. The van der Waals surface area contributed by atoms with Gasteiger partial charge in [0, 0.05) is 67.6 Å². The third-order valence-electron chi connectivity index (χ3n) is 10.5. The monoisotopic (exact) mass is 722 g/mol. The van der Waals surface area contributed by atoms with Crippen molar-refractivity contribution < 1.29 is 30.6 Å². The number of rotatable bonds is 4. The summed E-state index contributed by atoms with van der Waals surface area (Å²) in [5.74, 6) is -3.76. The average Bonchev–Trinajstić information content (AvgIpc) is 3.09. The van der Waals surface area contributed by atoms with Crippen LogP contribution in [-0.4, -0.2) is 49.7 Å². The highest BCUT2D eigenvalue weighted by Crippen LogP contribution is 2.60. The second-order valence-electron chi connectivity index (χ2n) is 13.4. The van der Waals surface area contributed by atoms with Gasteiger partial charge in [0.1, 0.15) is 46.1 Å². The normalized spacial score (nSPS) is 12.4. The number of nitrogens with zero attached hydrogens (tertiary/aromatic N) is 4. The Morgan fingerprint density at radius 3 is 1.15 bits per heavy atom. The molecule has 16 heteroatoms. The topological polar surface area (TPSA) is 277 Å². The van der Waals surface area contributed by atoms with Crippen molar-refractivity contribution in [2.24, 2.45) is 0 Å². The van der Waals surface area contributed by atoms with Crippen LogP contribution in [0.4, 0.5) is 11.6 Å². The summed E-state index contributed by atoms with van der Waals surface area (Å²) in [7, 11) is 0. The Hall–Kier alpha value is -7.88. The Labute approximate surface area is 296 Å². The van der Waals surface area contributed by atoms with Crippen LogP contribution in [0.3, 0.4) is 0 Å². The number of nitrogen functional groups attached to an aromatic ring is 2. The highest BCUT2D eigenvalue weighted by Gasteiger charge is 2.34. The van der Waals surface area contributed by atoms with E-state index in [0.717, 1.165) is 12.1 Å². The molecule has 0 amide bonds. The second kappa shape index (κ2) is 9.91. The van der Waals surface area contributed by atoms with Gasteiger partial charge in [-0.1, -0.05) is 0 Å². The number of aromatic nitrogens is 4. The van der Waals surface area contributed by atoms with Crippen LogP contribution in [0.2, 0.25) is 0 Å². The molecule has 16 nitrogen and oxygen atoms in total. The lowest BCUT2D eigenvalue weighted by atomic mass is 9.77. The van der Waals surface area contributed by atoms with E-state index in [0.29, 0.717) is 0 Å². The van der Waals surface area contributed by atoms with Gasteiger partial charge in [-0.3, -0.25) is 18.7 Å². The number of nitrogens with two attached hydrogens (primary N) is 2. The molecule has 0 unspecified atom stereocenters. The molecule has 10 rings (SSSR count). The van der Waals surface area contributed by atoms with Crippen molar-refractivity contribution in [3.05, 3.63) is 101 Å². The fourth-order valence-corrected chi connectivity index (χ4v) is 8.50. The van der Waals surface area contributed by atoms with Crippen molar-refractivity contribution in [2.75, 3.05) is 11.5 Å². The van der Waals surface area contributed by atoms with Gasteiger partial charge in [0.15, 0.2) is 10.9 Å². The summed E-state index contributed by atoms with van der Waals surface area (Å²) in [6.07, 6.45) is 2.74. The van der Waals surface area contributed by atoms with Crippen LogP contribution in [0, 0.1) is 0 Å². The number of aromatic hydroxyl groups is 6. The molecule has 10 N–H and O–H groups in total. The van der Waals surface area contributed by atoms with Gasteiger partial charge < -0.3 is 42.1 Å². The van der Waals surface area contributed by atoms with Gasteiger partial charge in [0.2, 0.25) is 0 Å². The lowest BCUT2D eigenvalue weighted by Gasteiger charge is -2.26. The fraction of sp³-hybridized carbons (Fsp3) is 0.0526. The maximum Gasteiger partial charge on any atom is 0.349 e. The van der Waals surface area contributed by atoms with Crippen molar-refractivity contribution in [2.45, 2.75) is 13.1 Å². The minimum Gasteiger partial charge on any atom is -0.507 e. The van der Waals surface area contributed by atoms with E-state index >= 15 is 0 Å². The third kappa shape index (κ3) is 3.64. The molecular weight excluding hydrogens is 700 g/mol. The van der Waals surface area contributed by atoms with Crippen molar-refractivity contribution in [3.8, 4) is 34.5 Å². The minimum atomic E-state index is -0.759. The van der Waals surface area contributed by atoms with Gasteiger partial charge in [0.05, 0.1) is 34.6 Å². The SMILES string of the molecule is Nc1ccn(Cc2cc(=O)c3c(O)c4c(O)cc(O)c5c6c(O)cc(O)c7c(O)c8c(=O)cc(Cn9ccc(N)nc9=O)c9c2c3c(c45)c(c76)c89)c(=O)n1. The van der Waals surface area contributed by atoms with Crippen molar-refractivity contribution >= 4 is 87.0 Å². The smallest absolute Gasteiger partial charge is 0.349 e. The Kier molecular flexibility index (Phi) is 5.67. The molecule has 10 aromatic rings. The minimum absolute atomic E-state index is 0.00847. The van der Waals surface area contributed by atoms with E-state index in [1.165, 1.54) is 45.8 Å². The number of benzene rings is 8. The van der Waals surface area contributed by atoms with Crippen molar-refractivity contribution in [1.29, 1.82) is 0 Å². The first-order valence-electron chi connectivity index (χ1n) is 16.2. The maximum absolute atomic E-state index is 14.3. The lowest BCUT2D eigenvalue weighted by molar-refractivity contribution is 0.450. The van der Waals surface area contributed by atoms with Gasteiger partial charge in [-0.15, -0.1) is 0 Å². The third-order valence-corrected chi connectivity index (χ3v) is 10.5. The van der Waals surface area contributed by atoms with E-state index in [2.05, 4.69) is 9.97 Å². The molecule has 2 aromatic heterocycles. The van der Waals surface area contributed by atoms with E-state index in [-0.39, 0.29) is 111 Å². The Morgan fingerprint density at radius 2 is 0.778 bits per heavy atom. The second-order valence-corrected chi connectivity index (χ2v) is 13.4. The van der Waals surface area contributed by atoms with Crippen LogP contribution < -0.4 is 33.7 Å². The molecule has 0 atom stereocenters. The van der Waals surface area contributed by atoms with Gasteiger partial charge in [0.25, 0.3) is 0 Å². The molecule has 0 aliphatic carbocycles. The van der Waals surface area contributed by atoms with E-state index in [1.807, 2.05) is 0 Å². The van der Waals surface area contributed by atoms with Crippen LogP contribution in [0.1, 0.15) is 11.1 Å². The molecule has 0 saturated carbocycles. The highest BCUT2D eigenvalue weighted by atomic mass is 16.3. The standard InChI is InChI=1S/C38H22N6O10/c39-19-1-3-43(37(53)41-19)9-11-5-13(45)25-29-21(11)22-12(10-44-4-2-20(40)42-38(44)54)6-14(46)26-30(22)34-32-24(16(48)8-18(50)28(32)36(26)52)23-15(47)7-17(49)27(35(25)51)31(23)33(29)34/h1-8,47-52H,9-10H2,(H2,39,41,53)(H2,40,42,54). The Morgan fingerprint density at radius 1 is 0.444 bits per heavy atom. The zero-order chi connectivity index (χ0) is 37.8. The quantitative estimate of drug-likeness (QED) is 0.0958. The summed E-state index contributed by atoms with van der Waals surface area (Å²) in [5.41, 5.74) is 8.87. The predicted molar refractivity (Wildman–Crippen MR) is 200 cm³/mol. The first kappa shape index (κ1) is 30.9. The molecule has 0 fully saturated rings. The molecule has 264 valence electrons. The largest absolute Gasteiger partial charge is 0.507 e. The van der Waals surface area contributed by atoms with Gasteiger partial charge in [-0.05, 0) is 46.2 Å². The zero-order valence-electron chi connectivity index (χ0n) is 27.3. The zero-order valence-corrected chi connectivity index (χ0v) is 27.3. The maximum atomic E-state index is 14.3. The molecule has 0 saturated heterocycles. The van der Waals surface area contributed by atoms with E-state index < -0.39 is 56.7 Å². The molecule has 8 aromatic carbocycles. The van der Waals surface area contributed by atoms with Crippen LogP contribution in [-0.2, 0) is 13.1 Å². The van der Waals surface area contributed by atoms with E-state index in [9.17, 15) is 49.8 Å². The predicted octanol–water partition coefficient (Wildman–Crippen LogP) is 2.84. The van der Waals surface area contributed by atoms with Crippen molar-refractivity contribution in [1.82, 2.24) is 19.1 Å². The number of hydrogen-bond donors (Lipinski definition) is 8. The molecule has 0 bridgehead atoms. The fourth-order valence-electron chi connectivity index (χ4n) is 8.50. The summed E-state index contributed by atoms with van der Waals surface area (Å²) < 4.78 is 2.36. The molecule has 0 aliphatic heterocycles. The van der Waals surface area contributed by atoms with Crippen LogP contribution in [0.25, 0.3) is 75.4 Å². The number of phenols is 6. The van der Waals surface area contributed by atoms with Crippen LogP contribution in [0.15, 0.2) is 68.0 Å². The summed E-state index contributed by atoms with van der Waals surface area (Å²) in [5, 5.41) is 68.8. The average molecular weight is 723 g/mol. The molecule has 0 radical (unpaired) electrons. The van der Waals surface area contributed by atoms with E-state index in [4.69, 9.17) is 11.5 Å². The van der Waals surface area contributed by atoms with Crippen LogP contribution >= 0.6 is 0 Å². The van der Waals surface area contributed by atoms with Gasteiger partial charge in [-0.25, -0.2) is 9.59 Å². The highest BCUT2D eigenvalue weighted by molar-refractivity contribution is 6.52. The number of hydrogen-bond acceptors (Lipinski definition) is 14. The Balaban J connectivity index is 1.59. The summed E-state index contributed by atoms with van der Waals surface area (Å²) in [6.45, 7) is -0.595. The van der Waals surface area contributed by atoms with E-state index in [1.54, 1.807) is 0 Å². The van der Waals surface area contributed by atoms with Crippen LogP contribution in [0.5, 0.6) is 34.5 Å². The molecule has 54 heavy (non-hydrogen) atoms. The molecule has 0 aliphatic rings. The lowest BCUT2D eigenvalue weighted by Crippen LogP contribution is -2.25. The first-order chi connectivity index (χ1) is 25.8. The number of phenolic OH excluding ortho intramolecular Hbond substituents is 6. The van der Waals surface area contributed by atoms with Crippen molar-refractivity contribution in [3.63, 3.8) is 0 Å². The Bertz CT molecular complexity index is 3350. The molecular formula is C38H22N6O10.